The molecule has 1 saturated heterocycles. The summed E-state index contributed by atoms with van der Waals surface area (Å²) in [5, 5.41) is 3.25. The molecular formula is C15H21N3O3. The SMILES string of the molecule is COC(=O)c1nc(CC2CCCCO2)nc2c1CNCC2. The number of aromatic nitrogens is 2. The fraction of sp³-hybridized carbons (Fsp3) is 0.667. The molecule has 0 saturated carbocycles. The highest BCUT2D eigenvalue weighted by Gasteiger charge is 2.24. The monoisotopic (exact) mass is 291 g/mol. The van der Waals surface area contributed by atoms with Crippen molar-refractivity contribution in [3.8, 4) is 0 Å². The molecule has 0 spiro atoms. The molecule has 2 aliphatic heterocycles. The van der Waals surface area contributed by atoms with Gasteiger partial charge in [-0.25, -0.2) is 14.8 Å². The maximum absolute atomic E-state index is 12.0. The van der Waals surface area contributed by atoms with E-state index in [1.807, 2.05) is 0 Å². The first-order valence-electron chi connectivity index (χ1n) is 7.57. The van der Waals surface area contributed by atoms with Gasteiger partial charge in [-0.05, 0) is 19.3 Å². The van der Waals surface area contributed by atoms with Crippen molar-refractivity contribution in [2.45, 2.75) is 44.8 Å². The minimum Gasteiger partial charge on any atom is -0.464 e. The van der Waals surface area contributed by atoms with E-state index in [1.54, 1.807) is 0 Å². The first kappa shape index (κ1) is 14.4. The molecular weight excluding hydrogens is 270 g/mol. The summed E-state index contributed by atoms with van der Waals surface area (Å²) in [4.78, 5) is 21.0. The van der Waals surface area contributed by atoms with Gasteiger partial charge in [0, 0.05) is 38.1 Å². The van der Waals surface area contributed by atoms with Gasteiger partial charge in [-0.3, -0.25) is 0 Å². The number of methoxy groups -OCH3 is 1. The highest BCUT2D eigenvalue weighted by molar-refractivity contribution is 5.89. The smallest absolute Gasteiger partial charge is 0.357 e. The lowest BCUT2D eigenvalue weighted by atomic mass is 10.0. The van der Waals surface area contributed by atoms with Crippen molar-refractivity contribution in [1.29, 1.82) is 0 Å². The van der Waals surface area contributed by atoms with Crippen molar-refractivity contribution in [3.63, 3.8) is 0 Å². The molecule has 6 heteroatoms. The average molecular weight is 291 g/mol. The summed E-state index contributed by atoms with van der Waals surface area (Å²) in [6.45, 7) is 2.31. The number of nitrogens with one attached hydrogen (secondary N) is 1. The summed E-state index contributed by atoms with van der Waals surface area (Å²) < 4.78 is 10.6. The minimum absolute atomic E-state index is 0.170. The maximum Gasteiger partial charge on any atom is 0.357 e. The van der Waals surface area contributed by atoms with Gasteiger partial charge in [-0.15, -0.1) is 0 Å². The molecule has 2 aliphatic rings. The highest BCUT2D eigenvalue weighted by atomic mass is 16.5. The molecule has 0 aromatic carbocycles. The van der Waals surface area contributed by atoms with Gasteiger partial charge in [0.05, 0.1) is 18.9 Å². The van der Waals surface area contributed by atoms with E-state index in [9.17, 15) is 4.79 Å². The summed E-state index contributed by atoms with van der Waals surface area (Å²) >= 11 is 0. The lowest BCUT2D eigenvalue weighted by Crippen LogP contribution is -2.30. The van der Waals surface area contributed by atoms with Crippen LogP contribution in [0.4, 0.5) is 0 Å². The number of ether oxygens (including phenoxy) is 2. The molecule has 0 aliphatic carbocycles. The van der Waals surface area contributed by atoms with E-state index >= 15 is 0 Å². The summed E-state index contributed by atoms with van der Waals surface area (Å²) in [6, 6.07) is 0. The zero-order valence-electron chi connectivity index (χ0n) is 12.4. The quantitative estimate of drug-likeness (QED) is 0.838. The van der Waals surface area contributed by atoms with Gasteiger partial charge >= 0.3 is 5.97 Å². The Bertz CT molecular complexity index is 527. The van der Waals surface area contributed by atoms with Crippen LogP contribution >= 0.6 is 0 Å². The number of nitrogens with zero attached hydrogens (tertiary/aromatic N) is 2. The van der Waals surface area contributed by atoms with Crippen molar-refractivity contribution in [2.24, 2.45) is 0 Å². The lowest BCUT2D eigenvalue weighted by Gasteiger charge is -2.23. The Kier molecular flexibility index (Phi) is 4.45. The maximum atomic E-state index is 12.0. The summed E-state index contributed by atoms with van der Waals surface area (Å²) in [5.41, 5.74) is 2.25. The number of hydrogen-bond acceptors (Lipinski definition) is 6. The van der Waals surface area contributed by atoms with Crippen molar-refractivity contribution in [3.05, 3.63) is 22.8 Å². The molecule has 1 unspecified atom stereocenters. The van der Waals surface area contributed by atoms with E-state index in [2.05, 4.69) is 15.3 Å². The van der Waals surface area contributed by atoms with E-state index in [0.29, 0.717) is 24.5 Å². The van der Waals surface area contributed by atoms with E-state index in [1.165, 1.54) is 13.5 Å². The number of fused-ring (bicyclic) bond motifs is 1. The van der Waals surface area contributed by atoms with Crippen LogP contribution in [0.2, 0.25) is 0 Å². The molecule has 1 fully saturated rings. The Hall–Kier alpha value is -1.53. The summed E-state index contributed by atoms with van der Waals surface area (Å²) in [7, 11) is 1.39. The molecule has 0 bridgehead atoms. The molecule has 21 heavy (non-hydrogen) atoms. The predicted octanol–water partition coefficient (Wildman–Crippen LogP) is 1.02. The topological polar surface area (TPSA) is 73.3 Å². The van der Waals surface area contributed by atoms with E-state index in [4.69, 9.17) is 9.47 Å². The van der Waals surface area contributed by atoms with Crippen molar-refractivity contribution in [1.82, 2.24) is 15.3 Å². The third kappa shape index (κ3) is 3.22. The number of hydrogen-bond donors (Lipinski definition) is 1. The van der Waals surface area contributed by atoms with Crippen LogP contribution < -0.4 is 5.32 Å². The molecule has 3 heterocycles. The third-order valence-electron chi connectivity index (χ3n) is 4.04. The fourth-order valence-corrected chi connectivity index (χ4v) is 2.92. The number of esters is 1. The van der Waals surface area contributed by atoms with Crippen LogP contribution in [-0.2, 0) is 28.9 Å². The van der Waals surface area contributed by atoms with Gasteiger partial charge in [0.25, 0.3) is 0 Å². The molecule has 1 atom stereocenters. The van der Waals surface area contributed by atoms with Gasteiger partial charge in [-0.2, -0.15) is 0 Å². The standard InChI is InChI=1S/C15H21N3O3/c1-20-15(19)14-11-9-16-6-5-12(11)17-13(18-14)8-10-4-2-3-7-21-10/h10,16H,2-9H2,1H3. The largest absolute Gasteiger partial charge is 0.464 e. The number of carbonyl (C=O) groups excluding carboxylic acids is 1. The van der Waals surface area contributed by atoms with Crippen molar-refractivity contribution < 1.29 is 14.3 Å². The van der Waals surface area contributed by atoms with Gasteiger partial charge < -0.3 is 14.8 Å². The van der Waals surface area contributed by atoms with Gasteiger partial charge in [-0.1, -0.05) is 0 Å². The van der Waals surface area contributed by atoms with E-state index in [0.717, 1.165) is 43.7 Å². The Morgan fingerprint density at radius 3 is 3.10 bits per heavy atom. The van der Waals surface area contributed by atoms with Gasteiger partial charge in [0.2, 0.25) is 0 Å². The van der Waals surface area contributed by atoms with Crippen LogP contribution in [0.1, 0.15) is 46.8 Å². The second-order valence-electron chi connectivity index (χ2n) is 5.52. The van der Waals surface area contributed by atoms with Gasteiger partial charge in [0.15, 0.2) is 5.69 Å². The van der Waals surface area contributed by atoms with E-state index < -0.39 is 0 Å². The predicted molar refractivity (Wildman–Crippen MR) is 76.1 cm³/mol. The molecule has 1 aromatic heterocycles. The Labute approximate surface area is 124 Å². The average Bonchev–Trinajstić information content (AvgIpc) is 2.54. The van der Waals surface area contributed by atoms with Crippen LogP contribution in [0.25, 0.3) is 0 Å². The zero-order valence-corrected chi connectivity index (χ0v) is 12.4. The fourth-order valence-electron chi connectivity index (χ4n) is 2.92. The van der Waals surface area contributed by atoms with Crippen LogP contribution in [0.5, 0.6) is 0 Å². The molecule has 114 valence electrons. The Balaban J connectivity index is 1.88. The van der Waals surface area contributed by atoms with Crippen LogP contribution in [-0.4, -0.2) is 42.3 Å². The Morgan fingerprint density at radius 1 is 1.43 bits per heavy atom. The van der Waals surface area contributed by atoms with Gasteiger partial charge in [0.1, 0.15) is 5.82 Å². The van der Waals surface area contributed by atoms with Crippen molar-refractivity contribution >= 4 is 5.97 Å². The zero-order chi connectivity index (χ0) is 14.7. The summed E-state index contributed by atoms with van der Waals surface area (Å²) in [5.74, 6) is 0.311. The van der Waals surface area contributed by atoms with E-state index in [-0.39, 0.29) is 12.1 Å². The second kappa shape index (κ2) is 6.49. The molecule has 3 rings (SSSR count). The molecule has 0 radical (unpaired) electrons. The molecule has 1 aromatic rings. The van der Waals surface area contributed by atoms with Crippen LogP contribution in [0.15, 0.2) is 0 Å². The molecule has 0 amide bonds. The second-order valence-corrected chi connectivity index (χ2v) is 5.52. The van der Waals surface area contributed by atoms with Crippen LogP contribution in [0, 0.1) is 0 Å². The highest BCUT2D eigenvalue weighted by Crippen LogP contribution is 2.20. The molecule has 1 N–H and O–H groups in total. The third-order valence-corrected chi connectivity index (χ3v) is 4.04. The number of carbonyl (C=O) groups is 1. The van der Waals surface area contributed by atoms with Crippen molar-refractivity contribution in [2.75, 3.05) is 20.3 Å². The first-order chi connectivity index (χ1) is 10.3. The minimum atomic E-state index is -0.386. The van der Waals surface area contributed by atoms with Crippen LogP contribution in [0.3, 0.4) is 0 Å². The lowest BCUT2D eigenvalue weighted by molar-refractivity contribution is 0.0155. The summed E-state index contributed by atoms with van der Waals surface area (Å²) in [6.07, 6.45) is 5.01. The Morgan fingerprint density at radius 2 is 2.33 bits per heavy atom. The number of rotatable bonds is 3. The molecule has 6 nitrogen and oxygen atoms in total. The first-order valence-corrected chi connectivity index (χ1v) is 7.57. The normalized spacial score (nSPS) is 21.7.